The lowest BCUT2D eigenvalue weighted by Gasteiger charge is -2.16. The normalized spacial score (nSPS) is 17.0. The number of carbonyl (C=O) groups is 1. The van der Waals surface area contributed by atoms with Crippen molar-refractivity contribution in [3.63, 3.8) is 0 Å². The van der Waals surface area contributed by atoms with Crippen LogP contribution in [0.25, 0.3) is 22.5 Å². The topological polar surface area (TPSA) is 70.5 Å². The fraction of sp³-hybridized carbons (Fsp3) is 0.393. The minimum Gasteiger partial charge on any atom is -0.425 e. The van der Waals surface area contributed by atoms with E-state index in [0.29, 0.717) is 11.6 Å². The number of rotatable bonds is 9. The lowest BCUT2D eigenvalue weighted by atomic mass is 10.0. The summed E-state index contributed by atoms with van der Waals surface area (Å²) >= 11 is 0. The second-order valence-electron chi connectivity index (χ2n) is 9.07. The molecule has 34 heavy (non-hydrogen) atoms. The molecule has 0 radical (unpaired) electrons. The molecule has 0 spiro atoms. The first-order chi connectivity index (χ1) is 16.4. The number of carbonyl (C=O) groups excluding carboxylic acids is 1. The molecule has 2 heterocycles. The third-order valence-corrected chi connectivity index (χ3v) is 5.86. The predicted molar refractivity (Wildman–Crippen MR) is 131 cm³/mol. The zero-order valence-corrected chi connectivity index (χ0v) is 20.1. The van der Waals surface area contributed by atoms with Gasteiger partial charge in [-0.1, -0.05) is 50.5 Å². The van der Waals surface area contributed by atoms with E-state index in [1.54, 1.807) is 26.0 Å². The van der Waals surface area contributed by atoms with Gasteiger partial charge in [-0.2, -0.15) is 0 Å². The summed E-state index contributed by atoms with van der Waals surface area (Å²) in [5.74, 6) is -0.185. The van der Waals surface area contributed by atoms with Crippen molar-refractivity contribution in [2.75, 3.05) is 6.61 Å². The monoisotopic (exact) mass is 460 g/mol. The molecule has 1 unspecified atom stereocenters. The number of unbranched alkanes of at least 4 members (excludes halogenated alkanes) is 3. The van der Waals surface area contributed by atoms with Crippen LogP contribution >= 0.6 is 0 Å². The Balaban J connectivity index is 1.34. The summed E-state index contributed by atoms with van der Waals surface area (Å²) < 4.78 is 16.4. The Bertz CT molecular complexity index is 1080. The van der Waals surface area contributed by atoms with Gasteiger partial charge in [0.2, 0.25) is 0 Å². The minimum atomic E-state index is -0.771. The van der Waals surface area contributed by atoms with Gasteiger partial charge in [-0.25, -0.2) is 14.8 Å². The van der Waals surface area contributed by atoms with Gasteiger partial charge < -0.3 is 14.2 Å². The van der Waals surface area contributed by atoms with Crippen molar-refractivity contribution in [1.29, 1.82) is 0 Å². The summed E-state index contributed by atoms with van der Waals surface area (Å²) in [6.45, 7) is 5.96. The summed E-state index contributed by atoms with van der Waals surface area (Å²) in [4.78, 5) is 21.3. The number of ether oxygens (including phenoxy) is 3. The molecular weight excluding hydrogens is 428 g/mol. The molecule has 1 fully saturated rings. The predicted octanol–water partition coefficient (Wildman–Crippen LogP) is 5.99. The van der Waals surface area contributed by atoms with Crippen LogP contribution in [0.4, 0.5) is 0 Å². The van der Waals surface area contributed by atoms with E-state index in [0.717, 1.165) is 23.1 Å². The molecule has 178 valence electrons. The van der Waals surface area contributed by atoms with Crippen LogP contribution < -0.4 is 4.74 Å². The van der Waals surface area contributed by atoms with E-state index in [4.69, 9.17) is 14.2 Å². The fourth-order valence-electron chi connectivity index (χ4n) is 3.90. The van der Waals surface area contributed by atoms with Crippen LogP contribution in [0.1, 0.15) is 52.0 Å². The van der Waals surface area contributed by atoms with E-state index >= 15 is 0 Å². The molecule has 4 rings (SSSR count). The number of hydrogen-bond acceptors (Lipinski definition) is 6. The number of nitrogens with zero attached hydrogens (tertiary/aromatic N) is 2. The molecule has 0 bridgehead atoms. The smallest absolute Gasteiger partial charge is 0.343 e. The van der Waals surface area contributed by atoms with Crippen LogP contribution in [0.15, 0.2) is 60.9 Å². The number of benzene rings is 2. The number of hydrogen-bond donors (Lipinski definition) is 0. The third kappa shape index (κ3) is 6.27. The van der Waals surface area contributed by atoms with E-state index < -0.39 is 17.9 Å². The Labute approximate surface area is 201 Å². The van der Waals surface area contributed by atoms with Crippen molar-refractivity contribution in [3.8, 4) is 28.3 Å². The summed E-state index contributed by atoms with van der Waals surface area (Å²) in [5, 5.41) is 0. The van der Waals surface area contributed by atoms with Crippen LogP contribution in [-0.2, 0) is 20.7 Å². The number of esters is 1. The van der Waals surface area contributed by atoms with Crippen molar-refractivity contribution in [2.24, 2.45) is 0 Å². The molecule has 1 atom stereocenters. The number of aryl methyl sites for hydroxylation is 1. The van der Waals surface area contributed by atoms with Crippen molar-refractivity contribution in [2.45, 2.75) is 64.8 Å². The molecule has 1 aromatic heterocycles. The van der Waals surface area contributed by atoms with Crippen molar-refractivity contribution < 1.29 is 19.0 Å². The Hall–Kier alpha value is -3.09. The van der Waals surface area contributed by atoms with Gasteiger partial charge in [-0.05, 0) is 62.1 Å². The third-order valence-electron chi connectivity index (χ3n) is 5.86. The number of aromatic nitrogens is 2. The van der Waals surface area contributed by atoms with Crippen LogP contribution in [0, 0.1) is 0 Å². The molecule has 1 saturated heterocycles. The SMILES string of the molecule is CCCCCCc1ccc(-c2cnc(-c3ccc(OC(=O)C4COC(C)(C)O4)cc3)nc2)cc1. The summed E-state index contributed by atoms with van der Waals surface area (Å²) in [7, 11) is 0. The van der Waals surface area contributed by atoms with Gasteiger partial charge in [0.05, 0.1) is 6.61 Å². The lowest BCUT2D eigenvalue weighted by molar-refractivity contribution is -0.162. The van der Waals surface area contributed by atoms with Crippen LogP contribution in [0.5, 0.6) is 5.75 Å². The lowest BCUT2D eigenvalue weighted by Crippen LogP contribution is -2.30. The molecule has 1 aliphatic rings. The maximum atomic E-state index is 12.3. The van der Waals surface area contributed by atoms with E-state index in [2.05, 4.69) is 41.2 Å². The van der Waals surface area contributed by atoms with Crippen LogP contribution in [-0.4, -0.2) is 34.4 Å². The molecule has 0 N–H and O–H groups in total. The Morgan fingerprint density at radius 3 is 2.24 bits per heavy atom. The first-order valence-corrected chi connectivity index (χ1v) is 12.0. The average molecular weight is 461 g/mol. The Morgan fingerprint density at radius 1 is 0.941 bits per heavy atom. The summed E-state index contributed by atoms with van der Waals surface area (Å²) in [5.41, 5.74) is 4.30. The molecule has 2 aromatic carbocycles. The van der Waals surface area contributed by atoms with Gasteiger partial charge in [0.1, 0.15) is 5.75 Å². The highest BCUT2D eigenvalue weighted by molar-refractivity contribution is 5.78. The quantitative estimate of drug-likeness (QED) is 0.222. The maximum absolute atomic E-state index is 12.3. The largest absolute Gasteiger partial charge is 0.425 e. The summed E-state index contributed by atoms with van der Waals surface area (Å²) in [6, 6.07) is 15.8. The van der Waals surface area contributed by atoms with Gasteiger partial charge in [0, 0.05) is 23.5 Å². The highest BCUT2D eigenvalue weighted by Gasteiger charge is 2.38. The fourth-order valence-corrected chi connectivity index (χ4v) is 3.90. The summed E-state index contributed by atoms with van der Waals surface area (Å²) in [6.07, 6.45) is 9.18. The molecule has 1 aliphatic heterocycles. The zero-order valence-electron chi connectivity index (χ0n) is 20.1. The molecule has 3 aromatic rings. The molecule has 6 nitrogen and oxygen atoms in total. The maximum Gasteiger partial charge on any atom is 0.343 e. The molecule has 6 heteroatoms. The minimum absolute atomic E-state index is 0.186. The highest BCUT2D eigenvalue weighted by atomic mass is 16.8. The standard InChI is InChI=1S/C28H32N2O4/c1-4-5-6-7-8-20-9-11-21(12-10-20)23-17-29-26(30-18-23)22-13-15-24(16-14-22)33-27(31)25-19-32-28(2,3)34-25/h9-18,25H,4-8,19H2,1-3H3. The average Bonchev–Trinajstić information content (AvgIpc) is 3.23. The molecule has 0 aliphatic carbocycles. The highest BCUT2D eigenvalue weighted by Crippen LogP contribution is 2.26. The van der Waals surface area contributed by atoms with Gasteiger partial charge in [0.25, 0.3) is 0 Å². The zero-order chi connectivity index (χ0) is 24.0. The van der Waals surface area contributed by atoms with Gasteiger partial charge in [-0.15, -0.1) is 0 Å². The molecule has 0 amide bonds. The van der Waals surface area contributed by atoms with Crippen molar-refractivity contribution in [1.82, 2.24) is 9.97 Å². The van der Waals surface area contributed by atoms with E-state index in [-0.39, 0.29) is 6.61 Å². The van der Waals surface area contributed by atoms with E-state index in [9.17, 15) is 4.79 Å². The van der Waals surface area contributed by atoms with E-state index in [1.165, 1.54) is 31.2 Å². The second kappa shape index (κ2) is 10.9. The Kier molecular flexibility index (Phi) is 7.70. The first-order valence-electron chi connectivity index (χ1n) is 12.0. The van der Waals surface area contributed by atoms with Crippen molar-refractivity contribution >= 4 is 5.97 Å². The molecule has 0 saturated carbocycles. The van der Waals surface area contributed by atoms with Gasteiger partial charge in [-0.3, -0.25) is 0 Å². The van der Waals surface area contributed by atoms with E-state index in [1.807, 2.05) is 24.5 Å². The van der Waals surface area contributed by atoms with Crippen LogP contribution in [0.2, 0.25) is 0 Å². The first kappa shape index (κ1) is 24.0. The van der Waals surface area contributed by atoms with Crippen LogP contribution in [0.3, 0.4) is 0 Å². The molecular formula is C28H32N2O4. The Morgan fingerprint density at radius 2 is 1.62 bits per heavy atom. The van der Waals surface area contributed by atoms with Gasteiger partial charge >= 0.3 is 5.97 Å². The van der Waals surface area contributed by atoms with Crippen molar-refractivity contribution in [3.05, 3.63) is 66.5 Å². The van der Waals surface area contributed by atoms with Gasteiger partial charge in [0.15, 0.2) is 17.7 Å². The second-order valence-corrected chi connectivity index (χ2v) is 9.07.